The molecule has 1 atom stereocenters. The van der Waals surface area contributed by atoms with Crippen molar-refractivity contribution in [3.63, 3.8) is 0 Å². The van der Waals surface area contributed by atoms with Gasteiger partial charge in [0.1, 0.15) is 23.5 Å². The van der Waals surface area contributed by atoms with Crippen LogP contribution in [-0.4, -0.2) is 43.7 Å². The van der Waals surface area contributed by atoms with Gasteiger partial charge in [-0.05, 0) is 79.0 Å². The van der Waals surface area contributed by atoms with E-state index >= 15 is 0 Å². The summed E-state index contributed by atoms with van der Waals surface area (Å²) in [5.74, 6) is 6.15. The third kappa shape index (κ3) is 4.32. The van der Waals surface area contributed by atoms with Crippen LogP contribution in [-0.2, 0) is 0 Å². The summed E-state index contributed by atoms with van der Waals surface area (Å²) in [6.07, 6.45) is 3.48. The second-order valence-corrected chi connectivity index (χ2v) is 8.54. The van der Waals surface area contributed by atoms with Gasteiger partial charge in [0.05, 0.1) is 17.0 Å². The first-order chi connectivity index (χ1) is 17.5. The maximum atomic E-state index is 14.3. The summed E-state index contributed by atoms with van der Waals surface area (Å²) >= 11 is 0. The first kappa shape index (κ1) is 23.3. The quantitative estimate of drug-likeness (QED) is 0.289. The average Bonchev–Trinajstić information content (AvgIpc) is 3.23. The second-order valence-electron chi connectivity index (χ2n) is 8.54. The fourth-order valence-corrected chi connectivity index (χ4v) is 4.12. The maximum absolute atomic E-state index is 14.3. The Bertz CT molecular complexity index is 1680. The van der Waals surface area contributed by atoms with Crippen molar-refractivity contribution in [2.24, 2.45) is 0 Å². The van der Waals surface area contributed by atoms with Crippen molar-refractivity contribution in [1.29, 1.82) is 0 Å². The minimum atomic E-state index is -0.404. The molecule has 0 aliphatic carbocycles. The summed E-state index contributed by atoms with van der Waals surface area (Å²) in [7, 11) is 1.81. The molecule has 1 unspecified atom stereocenters. The van der Waals surface area contributed by atoms with Crippen molar-refractivity contribution in [3.8, 4) is 23.1 Å². The Balaban J connectivity index is 1.69. The van der Waals surface area contributed by atoms with Crippen molar-refractivity contribution >= 4 is 22.4 Å². The van der Waals surface area contributed by atoms with Gasteiger partial charge in [0.15, 0.2) is 0 Å². The van der Waals surface area contributed by atoms with E-state index in [1.807, 2.05) is 48.7 Å². The lowest BCUT2D eigenvalue weighted by Gasteiger charge is -2.06. The number of fused-ring (bicyclic) bond motifs is 2. The highest BCUT2D eigenvalue weighted by Gasteiger charge is 2.23. The van der Waals surface area contributed by atoms with Gasteiger partial charge in [0.2, 0.25) is 5.69 Å². The molecule has 36 heavy (non-hydrogen) atoms. The molecule has 0 saturated carbocycles. The summed E-state index contributed by atoms with van der Waals surface area (Å²) in [4.78, 5) is 26.3. The van der Waals surface area contributed by atoms with Crippen molar-refractivity contribution in [3.05, 3.63) is 94.7 Å². The number of nitrogens with one attached hydrogen (secondary N) is 1. The van der Waals surface area contributed by atoms with E-state index in [4.69, 9.17) is 0 Å². The normalized spacial score (nSPS) is 11.9. The molecule has 5 rings (SSSR count). The summed E-state index contributed by atoms with van der Waals surface area (Å²) < 4.78 is 17.1. The van der Waals surface area contributed by atoms with Crippen molar-refractivity contribution < 1.29 is 9.15 Å². The molecule has 0 radical (unpaired) electrons. The molecule has 5 aromatic rings. The number of rotatable bonds is 5. The van der Waals surface area contributed by atoms with E-state index < -0.39 is 5.82 Å². The summed E-state index contributed by atoms with van der Waals surface area (Å²) in [6.45, 7) is 4.09. The van der Waals surface area contributed by atoms with Crippen LogP contribution < -0.4 is 5.32 Å². The largest absolute Gasteiger partial charge is 0.362 e. The molecule has 0 amide bonds. The molecule has 1 aromatic carbocycles. The zero-order chi connectivity index (χ0) is 25.2. The van der Waals surface area contributed by atoms with Crippen LogP contribution in [0.3, 0.4) is 0 Å². The van der Waals surface area contributed by atoms with Gasteiger partial charge in [-0.1, -0.05) is 16.9 Å². The molecule has 0 fully saturated rings. The average molecular weight is 480 g/mol. The Morgan fingerprint density at radius 2 is 1.94 bits per heavy atom. The fraction of sp³-hybridized carbons (Fsp3) is 0.179. The number of hydrogen-bond donors (Lipinski definition) is 1. The molecule has 8 heteroatoms. The molecule has 0 aliphatic heterocycles. The van der Waals surface area contributed by atoms with E-state index in [1.54, 1.807) is 37.5 Å². The SMILES string of the molecule is CNC(C)C[N+](=O)c1ccc(-c2c(C)nc3ccccn23)c(C#Cc2ccc(F)c3ncccc23)n1. The minimum absolute atomic E-state index is 0.0161. The van der Waals surface area contributed by atoms with Crippen LogP contribution in [0.1, 0.15) is 23.9 Å². The Kier molecular flexibility index (Phi) is 6.23. The molecule has 0 bridgehead atoms. The molecular weight excluding hydrogens is 455 g/mol. The molecule has 178 valence electrons. The van der Waals surface area contributed by atoms with Crippen LogP contribution in [0.5, 0.6) is 0 Å². The highest BCUT2D eigenvalue weighted by atomic mass is 19.1. The van der Waals surface area contributed by atoms with Gasteiger partial charge in [0.25, 0.3) is 0 Å². The van der Waals surface area contributed by atoms with Gasteiger partial charge in [-0.3, -0.25) is 9.38 Å². The molecule has 1 N–H and O–H groups in total. The summed E-state index contributed by atoms with van der Waals surface area (Å²) in [5, 5.41) is 3.68. The number of hydrogen-bond acceptors (Lipinski definition) is 5. The van der Waals surface area contributed by atoms with Gasteiger partial charge in [-0.25, -0.2) is 9.37 Å². The zero-order valence-corrected chi connectivity index (χ0v) is 20.2. The van der Waals surface area contributed by atoms with Crippen LogP contribution in [0, 0.1) is 29.5 Å². The minimum Gasteiger partial charge on any atom is -0.314 e. The van der Waals surface area contributed by atoms with Crippen molar-refractivity contribution in [2.45, 2.75) is 19.9 Å². The molecule has 4 aromatic heterocycles. The van der Waals surface area contributed by atoms with Gasteiger partial charge < -0.3 is 5.32 Å². The summed E-state index contributed by atoms with van der Waals surface area (Å²) in [6, 6.07) is 15.9. The first-order valence-electron chi connectivity index (χ1n) is 11.6. The van der Waals surface area contributed by atoms with E-state index in [-0.39, 0.29) is 23.9 Å². The number of halogens is 1. The molecule has 0 saturated heterocycles. The molecular formula is C28H24FN6O+. The Morgan fingerprint density at radius 3 is 2.78 bits per heavy atom. The van der Waals surface area contributed by atoms with E-state index in [0.717, 1.165) is 27.4 Å². The number of aryl methyl sites for hydroxylation is 1. The number of likely N-dealkylation sites (N-methyl/N-ethyl adjacent to an activating group) is 1. The number of nitrogens with zero attached hydrogens (tertiary/aromatic N) is 5. The number of nitroso groups, excluding NO2 is 1. The van der Waals surface area contributed by atoms with E-state index in [1.165, 1.54) is 6.07 Å². The van der Waals surface area contributed by atoms with Crippen molar-refractivity contribution in [2.75, 3.05) is 13.6 Å². The van der Waals surface area contributed by atoms with E-state index in [2.05, 4.69) is 32.1 Å². The van der Waals surface area contributed by atoms with Crippen LogP contribution >= 0.6 is 0 Å². The topological polar surface area (TPSA) is 75.2 Å². The number of pyridine rings is 3. The van der Waals surface area contributed by atoms with Crippen LogP contribution in [0.25, 0.3) is 27.8 Å². The molecule has 0 spiro atoms. The Hall–Kier alpha value is -4.48. The highest BCUT2D eigenvalue weighted by Crippen LogP contribution is 2.29. The van der Waals surface area contributed by atoms with E-state index in [9.17, 15) is 9.30 Å². The third-order valence-electron chi connectivity index (χ3n) is 6.06. The van der Waals surface area contributed by atoms with Crippen LogP contribution in [0.2, 0.25) is 0 Å². The standard InChI is InChI=1S/C28H24FN6O/c1-18(30-3)17-35(36)26-14-11-22(28-19(2)32-25-8-4-5-16-34(25)28)24(33-26)13-10-20-9-12-23(29)27-21(20)7-6-15-31-27/h4-9,11-12,14-16,18,30H,17H2,1-3H3/q+1. The summed E-state index contributed by atoms with van der Waals surface area (Å²) in [5.41, 5.74) is 4.53. The van der Waals surface area contributed by atoms with Crippen LogP contribution in [0.4, 0.5) is 10.2 Å². The number of benzene rings is 1. The third-order valence-corrected chi connectivity index (χ3v) is 6.06. The first-order valence-corrected chi connectivity index (χ1v) is 11.6. The lowest BCUT2D eigenvalue weighted by atomic mass is 10.1. The van der Waals surface area contributed by atoms with Gasteiger partial charge in [-0.2, -0.15) is 0 Å². The highest BCUT2D eigenvalue weighted by molar-refractivity contribution is 5.85. The van der Waals surface area contributed by atoms with Gasteiger partial charge in [0, 0.05) is 35.5 Å². The smallest absolute Gasteiger partial charge is 0.314 e. The fourth-order valence-electron chi connectivity index (χ4n) is 4.12. The zero-order valence-electron chi connectivity index (χ0n) is 20.2. The van der Waals surface area contributed by atoms with E-state index in [0.29, 0.717) is 16.6 Å². The van der Waals surface area contributed by atoms with Gasteiger partial charge in [-0.15, -0.1) is 0 Å². The molecule has 4 heterocycles. The predicted octanol–water partition coefficient (Wildman–Crippen LogP) is 4.81. The molecule has 0 aliphatic rings. The molecule has 7 nitrogen and oxygen atoms in total. The van der Waals surface area contributed by atoms with Crippen LogP contribution in [0.15, 0.2) is 67.0 Å². The monoisotopic (exact) mass is 479 g/mol. The predicted molar refractivity (Wildman–Crippen MR) is 138 cm³/mol. The lowest BCUT2D eigenvalue weighted by molar-refractivity contribution is -0.470. The maximum Gasteiger partial charge on any atom is 0.362 e. The number of imidazole rings is 1. The Labute approximate surface area is 207 Å². The van der Waals surface area contributed by atoms with Crippen molar-refractivity contribution in [1.82, 2.24) is 24.7 Å². The van der Waals surface area contributed by atoms with Gasteiger partial charge >= 0.3 is 5.82 Å². The lowest BCUT2D eigenvalue weighted by Crippen LogP contribution is -2.29. The number of aromatic nitrogens is 4. The second kappa shape index (κ2) is 9.64. The Morgan fingerprint density at radius 1 is 1.08 bits per heavy atom.